The van der Waals surface area contributed by atoms with Gasteiger partial charge in [-0.1, -0.05) is 12.1 Å². The van der Waals surface area contributed by atoms with Gasteiger partial charge in [0, 0.05) is 30.5 Å². The van der Waals surface area contributed by atoms with Gasteiger partial charge in [0.2, 0.25) is 0 Å². The molecule has 6 N–H and O–H groups in total. The molecule has 0 aliphatic rings. The van der Waals surface area contributed by atoms with Crippen molar-refractivity contribution in [2.75, 3.05) is 14.2 Å². The Bertz CT molecular complexity index is 800. The van der Waals surface area contributed by atoms with E-state index in [1.165, 1.54) is 7.11 Å². The maximum atomic E-state index is 11.6. The number of hydrogen-bond donors (Lipinski definition) is 6. The van der Waals surface area contributed by atoms with E-state index in [1.54, 1.807) is 19.2 Å². The van der Waals surface area contributed by atoms with E-state index in [2.05, 4.69) is 23.5 Å². The molecule has 0 saturated heterocycles. The molecule has 2 aromatic rings. The van der Waals surface area contributed by atoms with Crippen LogP contribution in [0.3, 0.4) is 0 Å². The third kappa shape index (κ3) is 4.67. The number of hydrogen-bond acceptors (Lipinski definition) is 6. The van der Waals surface area contributed by atoms with E-state index in [-0.39, 0.29) is 32.1 Å². The largest absolute Gasteiger partial charge is 0.477 e. The molecule has 0 unspecified atom stereocenters. The van der Waals surface area contributed by atoms with Crippen molar-refractivity contribution >= 4 is 5.97 Å². The van der Waals surface area contributed by atoms with E-state index in [9.17, 15) is 25.2 Å². The van der Waals surface area contributed by atoms with Gasteiger partial charge in [0.15, 0.2) is 0 Å². The zero-order valence-electron chi connectivity index (χ0n) is 16.2. The van der Waals surface area contributed by atoms with Gasteiger partial charge in [-0.05, 0) is 29.3 Å². The van der Waals surface area contributed by atoms with E-state index in [0.29, 0.717) is 45.6 Å². The lowest BCUT2D eigenvalue weighted by atomic mass is 9.90. The second kappa shape index (κ2) is 11.4. The van der Waals surface area contributed by atoms with Crippen LogP contribution in [0.25, 0.3) is 11.1 Å². The first-order chi connectivity index (χ1) is 13.5. The third-order valence-electron chi connectivity index (χ3n) is 4.32. The summed E-state index contributed by atoms with van der Waals surface area (Å²) in [5, 5.41) is 41.6. The normalized spacial score (nSPS) is 10.5. The van der Waals surface area contributed by atoms with Gasteiger partial charge in [-0.25, -0.2) is 4.79 Å². The number of carboxylic acids is 1. The Labute approximate surface area is 164 Å². The van der Waals surface area contributed by atoms with Gasteiger partial charge in [0.25, 0.3) is 0 Å². The molecule has 0 fully saturated rings. The molecule has 2 rings (SSSR count). The first kappa shape index (κ1) is 23.5. The van der Waals surface area contributed by atoms with Gasteiger partial charge >= 0.3 is 5.97 Å². The minimum absolute atomic E-state index is 0.0211. The molecule has 154 valence electrons. The number of aromatic nitrogens is 1. The zero-order chi connectivity index (χ0) is 21.3. The van der Waals surface area contributed by atoms with Crippen molar-refractivity contribution in [3.8, 4) is 11.1 Å². The highest BCUT2D eigenvalue weighted by atomic mass is 16.5. The number of aromatic amines is 1. The van der Waals surface area contributed by atoms with Crippen LogP contribution in [0.4, 0.5) is 0 Å². The average Bonchev–Trinajstić information content (AvgIpc) is 3.06. The van der Waals surface area contributed by atoms with Crippen LogP contribution in [0.5, 0.6) is 0 Å². The molecule has 0 aliphatic carbocycles. The van der Waals surface area contributed by atoms with Crippen molar-refractivity contribution in [2.45, 2.75) is 33.0 Å². The van der Waals surface area contributed by atoms with Gasteiger partial charge in [0.05, 0.1) is 26.4 Å². The number of H-pyrrole nitrogens is 1. The highest BCUT2D eigenvalue weighted by Gasteiger charge is 2.25. The lowest BCUT2D eigenvalue weighted by Crippen LogP contribution is -2.08. The number of ether oxygens (including phenoxy) is 1. The molecule has 0 aliphatic heterocycles. The standard InChI is InChI=1S/C18H24N2O6.C2H4/c1-19-5-15-16(14(9-26-2)17(20-15)18(24)25)11-4-3-10(6-21)12(7-22)13(11)8-23;1-2/h3-4,19-23H,5-9H2,1-2H3,(H,24,25);1-2H2. The molecule has 0 spiro atoms. The maximum absolute atomic E-state index is 11.6. The summed E-state index contributed by atoms with van der Waals surface area (Å²) in [5.41, 5.74) is 3.71. The van der Waals surface area contributed by atoms with Crippen LogP contribution in [0.2, 0.25) is 0 Å². The van der Waals surface area contributed by atoms with Gasteiger partial charge in [-0.3, -0.25) is 0 Å². The Kier molecular flexibility index (Phi) is 9.57. The molecule has 1 aromatic heterocycles. The zero-order valence-corrected chi connectivity index (χ0v) is 16.2. The van der Waals surface area contributed by atoms with Crippen molar-refractivity contribution in [3.63, 3.8) is 0 Å². The monoisotopic (exact) mass is 392 g/mol. The quantitative estimate of drug-likeness (QED) is 0.356. The minimum atomic E-state index is -1.11. The molecular formula is C20H28N2O6. The van der Waals surface area contributed by atoms with Crippen molar-refractivity contribution in [1.29, 1.82) is 0 Å². The predicted molar refractivity (Wildman–Crippen MR) is 106 cm³/mol. The van der Waals surface area contributed by atoms with Crippen LogP contribution < -0.4 is 5.32 Å². The first-order valence-electron chi connectivity index (χ1n) is 8.61. The Balaban J connectivity index is 0.00000190. The Morgan fingerprint density at radius 2 is 1.75 bits per heavy atom. The molecule has 0 atom stereocenters. The van der Waals surface area contributed by atoms with Crippen molar-refractivity contribution in [2.24, 2.45) is 0 Å². The highest BCUT2D eigenvalue weighted by molar-refractivity contribution is 5.92. The van der Waals surface area contributed by atoms with Crippen LogP contribution in [0.1, 0.15) is 38.4 Å². The smallest absolute Gasteiger partial charge is 0.352 e. The highest BCUT2D eigenvalue weighted by Crippen LogP contribution is 2.36. The van der Waals surface area contributed by atoms with Crippen LogP contribution in [0, 0.1) is 0 Å². The summed E-state index contributed by atoms with van der Waals surface area (Å²) < 4.78 is 5.19. The summed E-state index contributed by atoms with van der Waals surface area (Å²) in [7, 11) is 3.21. The maximum Gasteiger partial charge on any atom is 0.352 e. The Hall–Kier alpha value is -2.49. The number of aliphatic hydroxyl groups excluding tert-OH is 3. The average molecular weight is 392 g/mol. The number of nitrogens with one attached hydrogen (secondary N) is 2. The molecular weight excluding hydrogens is 364 g/mol. The molecule has 0 bridgehead atoms. The topological polar surface area (TPSA) is 135 Å². The van der Waals surface area contributed by atoms with Gasteiger partial charge in [0.1, 0.15) is 5.69 Å². The van der Waals surface area contributed by atoms with E-state index in [0.717, 1.165) is 0 Å². The van der Waals surface area contributed by atoms with E-state index in [4.69, 9.17) is 4.74 Å². The fourth-order valence-corrected chi connectivity index (χ4v) is 3.20. The van der Waals surface area contributed by atoms with Gasteiger partial charge < -0.3 is 35.5 Å². The second-order valence-corrected chi connectivity index (χ2v) is 5.80. The van der Waals surface area contributed by atoms with E-state index in [1.807, 2.05) is 0 Å². The van der Waals surface area contributed by atoms with Crippen LogP contribution in [0.15, 0.2) is 25.3 Å². The first-order valence-corrected chi connectivity index (χ1v) is 8.61. The number of rotatable bonds is 9. The molecule has 28 heavy (non-hydrogen) atoms. The van der Waals surface area contributed by atoms with Gasteiger partial charge in [-0.15, -0.1) is 13.2 Å². The number of carboxylic acid groups (broad SMARTS) is 1. The van der Waals surface area contributed by atoms with Crippen molar-refractivity contribution < 1.29 is 30.0 Å². The summed E-state index contributed by atoms with van der Waals surface area (Å²) in [5.74, 6) is -1.11. The molecule has 1 aromatic carbocycles. The lowest BCUT2D eigenvalue weighted by molar-refractivity contribution is 0.0686. The summed E-state index contributed by atoms with van der Waals surface area (Å²) in [6.07, 6.45) is 0. The third-order valence-corrected chi connectivity index (χ3v) is 4.32. The van der Waals surface area contributed by atoms with Crippen LogP contribution >= 0.6 is 0 Å². The van der Waals surface area contributed by atoms with E-state index >= 15 is 0 Å². The van der Waals surface area contributed by atoms with Crippen molar-refractivity contribution in [1.82, 2.24) is 10.3 Å². The SMILES string of the molecule is C=C.CNCc1[nH]c(C(=O)O)c(COC)c1-c1ccc(CO)c(CO)c1CO. The number of methoxy groups -OCH3 is 1. The molecule has 0 saturated carbocycles. The van der Waals surface area contributed by atoms with Crippen molar-refractivity contribution in [3.05, 3.63) is 58.9 Å². The fourth-order valence-electron chi connectivity index (χ4n) is 3.20. The van der Waals surface area contributed by atoms with E-state index < -0.39 is 5.97 Å². The number of benzene rings is 1. The van der Waals surface area contributed by atoms with Crippen LogP contribution in [-0.2, 0) is 37.7 Å². The number of carbonyl (C=O) groups is 1. The summed E-state index contributed by atoms with van der Waals surface area (Å²) in [6, 6.07) is 3.37. The van der Waals surface area contributed by atoms with Gasteiger partial charge in [-0.2, -0.15) is 0 Å². The molecule has 8 heteroatoms. The molecule has 1 heterocycles. The number of aliphatic hydroxyl groups is 3. The minimum Gasteiger partial charge on any atom is -0.477 e. The molecule has 0 radical (unpaired) electrons. The lowest BCUT2D eigenvalue weighted by Gasteiger charge is -2.17. The Morgan fingerprint density at radius 1 is 1.11 bits per heavy atom. The molecule has 8 nitrogen and oxygen atoms in total. The summed E-state index contributed by atoms with van der Waals surface area (Å²) in [4.78, 5) is 14.6. The number of aromatic carboxylic acids is 1. The molecule has 0 amide bonds. The predicted octanol–water partition coefficient (Wildman–Crippen LogP) is 1.52. The Morgan fingerprint density at radius 3 is 2.21 bits per heavy atom. The summed E-state index contributed by atoms with van der Waals surface area (Å²) >= 11 is 0. The summed E-state index contributed by atoms with van der Waals surface area (Å²) in [6.45, 7) is 5.46. The van der Waals surface area contributed by atoms with Crippen LogP contribution in [-0.4, -0.2) is 45.5 Å². The second-order valence-electron chi connectivity index (χ2n) is 5.80. The fraction of sp³-hybridized carbons (Fsp3) is 0.350.